The number of aliphatic hydroxyl groups excluding tert-OH is 1. The van der Waals surface area contributed by atoms with Crippen molar-refractivity contribution < 1.29 is 19.0 Å². The van der Waals surface area contributed by atoms with Crippen LogP contribution < -0.4 is 4.74 Å². The van der Waals surface area contributed by atoms with Crippen molar-refractivity contribution >= 4 is 0 Å². The third-order valence-corrected chi connectivity index (χ3v) is 2.25. The minimum absolute atomic E-state index is 0.0644. The molecular weight excluding hydrogens is 235 g/mol. The molecule has 0 amide bonds. The van der Waals surface area contributed by atoms with Gasteiger partial charge in [0.15, 0.2) is 0 Å². The molecule has 1 N–H and O–H groups in total. The Morgan fingerprint density at radius 2 is 2.17 bits per heavy atom. The molecule has 1 atom stereocenters. The fraction of sp³-hybridized carbons (Fsp3) is 0.429. The molecule has 0 bridgehead atoms. The molecule has 0 aromatic heterocycles. The van der Waals surface area contributed by atoms with E-state index in [0.717, 1.165) is 6.42 Å². The number of methoxy groups -OCH3 is 1. The van der Waals surface area contributed by atoms with Crippen LogP contribution in [0.15, 0.2) is 18.2 Å². The van der Waals surface area contributed by atoms with E-state index >= 15 is 0 Å². The highest BCUT2D eigenvalue weighted by Crippen LogP contribution is 2.18. The summed E-state index contributed by atoms with van der Waals surface area (Å²) in [5, 5.41) is 8.60. The van der Waals surface area contributed by atoms with Crippen LogP contribution in [0.1, 0.15) is 18.9 Å². The third-order valence-electron chi connectivity index (χ3n) is 2.25. The van der Waals surface area contributed by atoms with Crippen LogP contribution in [-0.2, 0) is 4.74 Å². The Balaban J connectivity index is 2.73. The molecule has 18 heavy (non-hydrogen) atoms. The van der Waals surface area contributed by atoms with E-state index < -0.39 is 5.82 Å². The molecule has 1 aromatic rings. The zero-order valence-corrected chi connectivity index (χ0v) is 10.6. The van der Waals surface area contributed by atoms with E-state index in [0.29, 0.717) is 17.9 Å². The molecule has 0 heterocycles. The van der Waals surface area contributed by atoms with Crippen LogP contribution in [0, 0.1) is 17.7 Å². The summed E-state index contributed by atoms with van der Waals surface area (Å²) in [4.78, 5) is 0. The van der Waals surface area contributed by atoms with Gasteiger partial charge in [-0.1, -0.05) is 11.8 Å². The lowest BCUT2D eigenvalue weighted by molar-refractivity contribution is 0.135. The molecule has 0 aliphatic carbocycles. The van der Waals surface area contributed by atoms with Gasteiger partial charge in [0.25, 0.3) is 0 Å². The van der Waals surface area contributed by atoms with E-state index in [2.05, 4.69) is 11.8 Å². The minimum Gasteiger partial charge on any atom is -0.490 e. The molecule has 0 saturated heterocycles. The van der Waals surface area contributed by atoms with Gasteiger partial charge in [-0.15, -0.1) is 0 Å². The number of halogens is 1. The molecule has 1 aromatic carbocycles. The number of hydrogen-bond acceptors (Lipinski definition) is 3. The van der Waals surface area contributed by atoms with Crippen molar-refractivity contribution in [1.29, 1.82) is 0 Å². The van der Waals surface area contributed by atoms with Crippen LogP contribution in [0.2, 0.25) is 0 Å². The first-order chi connectivity index (χ1) is 8.65. The Morgan fingerprint density at radius 1 is 1.39 bits per heavy atom. The second-order valence-corrected chi connectivity index (χ2v) is 3.85. The number of benzene rings is 1. The van der Waals surface area contributed by atoms with Gasteiger partial charge in [0.1, 0.15) is 18.2 Å². The molecule has 0 spiro atoms. The summed E-state index contributed by atoms with van der Waals surface area (Å²) in [5.74, 6) is 5.14. The third kappa shape index (κ3) is 5.17. The SMILES string of the molecule is COCCC(C)Oc1cc(F)cc(C#CCO)c1. The maximum atomic E-state index is 13.3. The highest BCUT2D eigenvalue weighted by Gasteiger charge is 2.06. The second-order valence-electron chi connectivity index (χ2n) is 3.85. The van der Waals surface area contributed by atoms with Crippen LogP contribution in [-0.4, -0.2) is 31.5 Å². The molecular formula is C14H17FO3. The number of hydrogen-bond donors (Lipinski definition) is 1. The standard InChI is InChI=1S/C14H17FO3/c1-11(5-7-17-2)18-14-9-12(4-3-6-16)8-13(15)10-14/h8-11,16H,5-7H2,1-2H3. The molecule has 98 valence electrons. The van der Waals surface area contributed by atoms with E-state index in [1.54, 1.807) is 13.2 Å². The van der Waals surface area contributed by atoms with E-state index in [1.165, 1.54) is 12.1 Å². The molecule has 0 saturated carbocycles. The Hall–Kier alpha value is -1.57. The predicted molar refractivity (Wildman–Crippen MR) is 66.9 cm³/mol. The normalized spacial score (nSPS) is 11.6. The van der Waals surface area contributed by atoms with Gasteiger partial charge < -0.3 is 14.6 Å². The van der Waals surface area contributed by atoms with Gasteiger partial charge in [0.05, 0.1) is 6.10 Å². The minimum atomic E-state index is -0.409. The summed E-state index contributed by atoms with van der Waals surface area (Å²) in [6.45, 7) is 2.23. The highest BCUT2D eigenvalue weighted by molar-refractivity contribution is 5.40. The van der Waals surface area contributed by atoms with Crippen molar-refractivity contribution in [2.75, 3.05) is 20.3 Å². The van der Waals surface area contributed by atoms with Gasteiger partial charge in [0, 0.05) is 31.8 Å². The zero-order chi connectivity index (χ0) is 13.4. The van der Waals surface area contributed by atoms with E-state index in [9.17, 15) is 4.39 Å². The Morgan fingerprint density at radius 3 is 2.83 bits per heavy atom. The lowest BCUT2D eigenvalue weighted by Gasteiger charge is -2.14. The topological polar surface area (TPSA) is 38.7 Å². The van der Waals surface area contributed by atoms with Crippen LogP contribution >= 0.6 is 0 Å². The summed E-state index contributed by atoms with van der Waals surface area (Å²) in [5.41, 5.74) is 0.484. The Bertz CT molecular complexity index is 434. The van der Waals surface area contributed by atoms with E-state index in [1.807, 2.05) is 6.92 Å². The molecule has 1 rings (SSSR count). The van der Waals surface area contributed by atoms with Crippen LogP contribution in [0.25, 0.3) is 0 Å². The van der Waals surface area contributed by atoms with Gasteiger partial charge in [-0.2, -0.15) is 0 Å². The number of ether oxygens (including phenoxy) is 2. The second kappa shape index (κ2) is 7.70. The average molecular weight is 252 g/mol. The van der Waals surface area contributed by atoms with Crippen molar-refractivity contribution in [1.82, 2.24) is 0 Å². The van der Waals surface area contributed by atoms with Gasteiger partial charge in [-0.05, 0) is 19.1 Å². The van der Waals surface area contributed by atoms with Gasteiger partial charge in [-0.3, -0.25) is 0 Å². The van der Waals surface area contributed by atoms with E-state index in [4.69, 9.17) is 14.6 Å². The van der Waals surface area contributed by atoms with Crippen LogP contribution in [0.3, 0.4) is 0 Å². The first kappa shape index (κ1) is 14.5. The lowest BCUT2D eigenvalue weighted by Crippen LogP contribution is -2.14. The maximum absolute atomic E-state index is 13.3. The van der Waals surface area contributed by atoms with Crippen LogP contribution in [0.4, 0.5) is 4.39 Å². The summed E-state index contributed by atoms with van der Waals surface area (Å²) >= 11 is 0. The summed E-state index contributed by atoms with van der Waals surface area (Å²) in [7, 11) is 1.62. The predicted octanol–water partition coefficient (Wildman–Crippen LogP) is 1.97. The smallest absolute Gasteiger partial charge is 0.128 e. The van der Waals surface area contributed by atoms with Gasteiger partial charge >= 0.3 is 0 Å². The maximum Gasteiger partial charge on any atom is 0.128 e. The summed E-state index contributed by atoms with van der Waals surface area (Å²) in [6, 6.07) is 4.26. The molecule has 0 fully saturated rings. The van der Waals surface area contributed by atoms with Gasteiger partial charge in [0.2, 0.25) is 0 Å². The van der Waals surface area contributed by atoms with Crippen LogP contribution in [0.5, 0.6) is 5.75 Å². The quantitative estimate of drug-likeness (QED) is 0.814. The van der Waals surface area contributed by atoms with Gasteiger partial charge in [-0.25, -0.2) is 4.39 Å². The molecule has 1 unspecified atom stereocenters. The molecule has 4 heteroatoms. The monoisotopic (exact) mass is 252 g/mol. The lowest BCUT2D eigenvalue weighted by atomic mass is 10.2. The first-order valence-corrected chi connectivity index (χ1v) is 5.71. The number of rotatable bonds is 5. The number of aliphatic hydroxyl groups is 1. The Kier molecular flexibility index (Phi) is 6.20. The first-order valence-electron chi connectivity index (χ1n) is 5.71. The molecule has 0 aliphatic rings. The zero-order valence-electron chi connectivity index (χ0n) is 10.6. The van der Waals surface area contributed by atoms with Crippen molar-refractivity contribution in [2.24, 2.45) is 0 Å². The van der Waals surface area contributed by atoms with E-state index in [-0.39, 0.29) is 12.7 Å². The van der Waals surface area contributed by atoms with Crippen molar-refractivity contribution in [3.05, 3.63) is 29.6 Å². The Labute approximate surface area is 107 Å². The summed E-state index contributed by atoms with van der Waals surface area (Å²) in [6.07, 6.45) is 0.662. The fourth-order valence-electron chi connectivity index (χ4n) is 1.42. The van der Waals surface area contributed by atoms with Crippen molar-refractivity contribution in [3.8, 4) is 17.6 Å². The molecule has 0 aliphatic heterocycles. The fourth-order valence-corrected chi connectivity index (χ4v) is 1.42. The molecule has 0 radical (unpaired) electrons. The molecule has 3 nitrogen and oxygen atoms in total. The highest BCUT2D eigenvalue weighted by atomic mass is 19.1. The average Bonchev–Trinajstić information content (AvgIpc) is 2.33. The van der Waals surface area contributed by atoms with Crippen molar-refractivity contribution in [2.45, 2.75) is 19.4 Å². The van der Waals surface area contributed by atoms with Crippen molar-refractivity contribution in [3.63, 3.8) is 0 Å². The summed E-state index contributed by atoms with van der Waals surface area (Å²) < 4.78 is 23.8. The largest absolute Gasteiger partial charge is 0.490 e.